The number of carbonyl (C=O) groups is 1. The van der Waals surface area contributed by atoms with Crippen LogP contribution in [-0.2, 0) is 0 Å². The number of carbonyl (C=O) groups excluding carboxylic acids is 1. The zero-order valence-corrected chi connectivity index (χ0v) is 19.8. The number of amides is 1. The van der Waals surface area contributed by atoms with Crippen molar-refractivity contribution in [2.24, 2.45) is 0 Å². The second-order valence-electron chi connectivity index (χ2n) is 9.03. The highest BCUT2D eigenvalue weighted by Crippen LogP contribution is 2.37. The van der Waals surface area contributed by atoms with Crippen molar-refractivity contribution in [2.75, 3.05) is 6.54 Å². The van der Waals surface area contributed by atoms with Crippen molar-refractivity contribution < 1.29 is 9.90 Å². The number of rotatable bonds is 5. The predicted molar refractivity (Wildman–Crippen MR) is 129 cm³/mol. The average Bonchev–Trinajstić information content (AvgIpc) is 3.15. The predicted octanol–water partition coefficient (Wildman–Crippen LogP) is 3.76. The number of fused-ring (bicyclic) bond motifs is 1. The van der Waals surface area contributed by atoms with Crippen LogP contribution in [0.2, 0.25) is 0 Å². The Morgan fingerprint density at radius 2 is 1.85 bits per heavy atom. The van der Waals surface area contributed by atoms with Crippen molar-refractivity contribution in [2.45, 2.75) is 40.2 Å². The number of aryl methyl sites for hydroxylation is 2. The molecular formula is C26H26N6O2. The molecule has 0 radical (unpaired) electrons. The second-order valence-corrected chi connectivity index (χ2v) is 9.03. The van der Waals surface area contributed by atoms with E-state index >= 15 is 0 Å². The number of nitrogens with one attached hydrogen (secondary N) is 1. The summed E-state index contributed by atoms with van der Waals surface area (Å²) >= 11 is 0. The second kappa shape index (κ2) is 8.69. The van der Waals surface area contributed by atoms with Crippen LogP contribution in [0.5, 0.6) is 0 Å². The Labute approximate surface area is 197 Å². The van der Waals surface area contributed by atoms with Gasteiger partial charge in [0.15, 0.2) is 5.65 Å². The minimum Gasteiger partial charge on any atom is -0.389 e. The number of aliphatic hydroxyl groups is 1. The lowest BCUT2D eigenvalue weighted by Gasteiger charge is -2.17. The zero-order valence-electron chi connectivity index (χ0n) is 19.8. The maximum absolute atomic E-state index is 12.7. The first kappa shape index (κ1) is 23.1. The Morgan fingerprint density at radius 3 is 2.50 bits per heavy atom. The molecule has 2 N–H and O–H groups in total. The molecule has 3 aromatic heterocycles. The van der Waals surface area contributed by atoms with E-state index in [0.29, 0.717) is 16.9 Å². The van der Waals surface area contributed by atoms with Crippen LogP contribution in [0.4, 0.5) is 0 Å². The highest BCUT2D eigenvalue weighted by atomic mass is 16.3. The van der Waals surface area contributed by atoms with E-state index in [0.717, 1.165) is 33.6 Å². The van der Waals surface area contributed by atoms with Crippen molar-refractivity contribution in [3.8, 4) is 28.5 Å². The summed E-state index contributed by atoms with van der Waals surface area (Å²) in [4.78, 5) is 21.9. The molecule has 0 unspecified atom stereocenters. The fraction of sp³-hybridized carbons (Fsp3) is 0.269. The molecule has 4 aromatic rings. The normalized spacial score (nSPS) is 11.4. The Bertz CT molecular complexity index is 1440. The molecule has 0 bridgehead atoms. The SMILES string of the molecule is Cc1cc(-c2c(-c3cccc(C#N)c3C)nn3ccc(C(=O)NCC(C)(C)O)nc23)cc(C)n1. The molecule has 0 aliphatic heterocycles. The molecule has 8 nitrogen and oxygen atoms in total. The fourth-order valence-electron chi connectivity index (χ4n) is 3.89. The molecule has 0 saturated heterocycles. The quantitative estimate of drug-likeness (QED) is 0.474. The molecular weight excluding hydrogens is 428 g/mol. The van der Waals surface area contributed by atoms with Crippen molar-refractivity contribution in [3.05, 3.63) is 70.8 Å². The van der Waals surface area contributed by atoms with Crippen LogP contribution < -0.4 is 5.32 Å². The van der Waals surface area contributed by atoms with Gasteiger partial charge in [0.2, 0.25) is 0 Å². The van der Waals surface area contributed by atoms with Crippen LogP contribution in [0, 0.1) is 32.1 Å². The molecule has 0 aliphatic carbocycles. The summed E-state index contributed by atoms with van der Waals surface area (Å²) in [5.41, 5.74) is 5.89. The Morgan fingerprint density at radius 1 is 1.15 bits per heavy atom. The third-order valence-corrected chi connectivity index (χ3v) is 5.48. The Hall–Kier alpha value is -4.09. The highest BCUT2D eigenvalue weighted by molar-refractivity contribution is 5.96. The van der Waals surface area contributed by atoms with E-state index in [9.17, 15) is 15.2 Å². The molecule has 0 fully saturated rings. The van der Waals surface area contributed by atoms with Gasteiger partial charge in [-0.3, -0.25) is 9.78 Å². The molecule has 4 rings (SSSR count). The maximum atomic E-state index is 12.7. The molecule has 3 heterocycles. The number of pyridine rings is 1. The first-order valence-electron chi connectivity index (χ1n) is 10.9. The number of nitrogens with zero attached hydrogens (tertiary/aromatic N) is 5. The topological polar surface area (TPSA) is 116 Å². The molecule has 0 atom stereocenters. The third-order valence-electron chi connectivity index (χ3n) is 5.48. The van der Waals surface area contributed by atoms with E-state index in [-0.39, 0.29) is 18.1 Å². The van der Waals surface area contributed by atoms with E-state index in [4.69, 9.17) is 5.10 Å². The van der Waals surface area contributed by atoms with Gasteiger partial charge in [0.1, 0.15) is 11.4 Å². The van der Waals surface area contributed by atoms with Gasteiger partial charge in [-0.2, -0.15) is 10.4 Å². The van der Waals surface area contributed by atoms with Crippen LogP contribution in [0.25, 0.3) is 28.0 Å². The molecule has 0 spiro atoms. The van der Waals surface area contributed by atoms with Gasteiger partial charge in [-0.15, -0.1) is 0 Å². The molecule has 172 valence electrons. The lowest BCUT2D eigenvalue weighted by atomic mass is 9.95. The Kier molecular flexibility index (Phi) is 5.90. The van der Waals surface area contributed by atoms with Gasteiger partial charge in [0.25, 0.3) is 5.91 Å². The lowest BCUT2D eigenvalue weighted by Crippen LogP contribution is -2.38. The average molecular weight is 455 g/mol. The van der Waals surface area contributed by atoms with Crippen molar-refractivity contribution in [1.82, 2.24) is 24.9 Å². The number of hydrogen-bond donors (Lipinski definition) is 2. The van der Waals surface area contributed by atoms with Crippen LogP contribution >= 0.6 is 0 Å². The lowest BCUT2D eigenvalue weighted by molar-refractivity contribution is 0.0692. The van der Waals surface area contributed by atoms with E-state index in [2.05, 4.69) is 21.4 Å². The monoisotopic (exact) mass is 454 g/mol. The van der Waals surface area contributed by atoms with Crippen LogP contribution in [0.15, 0.2) is 42.6 Å². The van der Waals surface area contributed by atoms with E-state index in [1.54, 1.807) is 36.7 Å². The smallest absolute Gasteiger partial charge is 0.270 e. The minimum absolute atomic E-state index is 0.0962. The summed E-state index contributed by atoms with van der Waals surface area (Å²) in [5, 5.41) is 27.0. The number of benzene rings is 1. The maximum Gasteiger partial charge on any atom is 0.270 e. The van der Waals surface area contributed by atoms with Crippen molar-refractivity contribution >= 4 is 11.6 Å². The van der Waals surface area contributed by atoms with E-state index in [1.807, 2.05) is 45.0 Å². The van der Waals surface area contributed by atoms with E-state index in [1.165, 1.54) is 0 Å². The molecule has 1 amide bonds. The van der Waals surface area contributed by atoms with E-state index < -0.39 is 5.60 Å². The third kappa shape index (κ3) is 4.51. The van der Waals surface area contributed by atoms with Gasteiger partial charge in [0.05, 0.1) is 22.8 Å². The zero-order chi connectivity index (χ0) is 24.6. The Balaban J connectivity index is 1.96. The van der Waals surface area contributed by atoms with Gasteiger partial charge in [-0.1, -0.05) is 12.1 Å². The van der Waals surface area contributed by atoms with Crippen LogP contribution in [-0.4, -0.2) is 42.7 Å². The van der Waals surface area contributed by atoms with Gasteiger partial charge in [0, 0.05) is 29.7 Å². The molecule has 0 aliphatic rings. The molecule has 34 heavy (non-hydrogen) atoms. The summed E-state index contributed by atoms with van der Waals surface area (Å²) < 4.78 is 1.64. The standard InChI is InChI=1S/C26H26N6O2/c1-15-11-19(12-16(2)29-15)22-23(20-8-6-7-18(13-27)17(20)3)31-32-10-9-21(30-24(22)32)25(33)28-14-26(4,5)34/h6-12,34H,14H2,1-5H3,(H,28,33). The first-order valence-corrected chi connectivity index (χ1v) is 10.9. The largest absolute Gasteiger partial charge is 0.389 e. The number of hydrogen-bond acceptors (Lipinski definition) is 6. The summed E-state index contributed by atoms with van der Waals surface area (Å²) in [6.45, 7) is 9.08. The summed E-state index contributed by atoms with van der Waals surface area (Å²) in [6, 6.07) is 13.3. The molecule has 8 heteroatoms. The van der Waals surface area contributed by atoms with Crippen LogP contribution in [0.3, 0.4) is 0 Å². The summed E-state index contributed by atoms with van der Waals surface area (Å²) in [6.07, 6.45) is 1.69. The van der Waals surface area contributed by atoms with Crippen molar-refractivity contribution in [1.29, 1.82) is 5.26 Å². The number of nitriles is 1. The minimum atomic E-state index is -1.04. The van der Waals surface area contributed by atoms with Gasteiger partial charge in [-0.25, -0.2) is 9.50 Å². The fourth-order valence-corrected chi connectivity index (χ4v) is 3.89. The highest BCUT2D eigenvalue weighted by Gasteiger charge is 2.22. The summed E-state index contributed by atoms with van der Waals surface area (Å²) in [5.74, 6) is -0.386. The summed E-state index contributed by atoms with van der Waals surface area (Å²) in [7, 11) is 0. The van der Waals surface area contributed by atoms with Crippen LogP contribution in [0.1, 0.15) is 46.9 Å². The molecule has 0 saturated carbocycles. The van der Waals surface area contributed by atoms with Gasteiger partial charge < -0.3 is 10.4 Å². The van der Waals surface area contributed by atoms with Crippen molar-refractivity contribution in [3.63, 3.8) is 0 Å². The number of aromatic nitrogens is 4. The van der Waals surface area contributed by atoms with Gasteiger partial charge in [-0.05, 0) is 70.0 Å². The molecule has 1 aromatic carbocycles. The first-order chi connectivity index (χ1) is 16.1. The van der Waals surface area contributed by atoms with Gasteiger partial charge >= 0.3 is 0 Å².